The molecule has 2 N–H and O–H groups in total. The van der Waals surface area contributed by atoms with Gasteiger partial charge in [0.1, 0.15) is 17.1 Å². The number of carboxylic acid groups (broad SMARTS) is 1. The van der Waals surface area contributed by atoms with Gasteiger partial charge in [0, 0.05) is 11.2 Å². The smallest absolute Gasteiger partial charge is 0.354 e. The lowest BCUT2D eigenvalue weighted by Crippen LogP contribution is -2.77. The molecule has 0 aromatic rings. The SMILES string of the molecule is CCOC(=O)C1=NNC2(C1)C(=O)N1[C@@H](C(=O)O)C(C)(C)S[C@@H]12. The van der Waals surface area contributed by atoms with Gasteiger partial charge >= 0.3 is 11.9 Å². The van der Waals surface area contributed by atoms with Gasteiger partial charge in [0.15, 0.2) is 5.54 Å². The number of carbonyl (C=O) groups excluding carboxylic acids is 2. The first-order chi connectivity index (χ1) is 10.2. The maximum absolute atomic E-state index is 12.6. The molecular weight excluding hydrogens is 310 g/mol. The van der Waals surface area contributed by atoms with Crippen LogP contribution in [0.5, 0.6) is 0 Å². The molecule has 0 saturated carbocycles. The summed E-state index contributed by atoms with van der Waals surface area (Å²) in [5.41, 5.74) is 1.91. The number of nitrogens with one attached hydrogen (secondary N) is 1. The van der Waals surface area contributed by atoms with Crippen LogP contribution in [-0.4, -0.2) is 61.9 Å². The van der Waals surface area contributed by atoms with Crippen molar-refractivity contribution in [3.8, 4) is 0 Å². The third-order valence-corrected chi connectivity index (χ3v) is 5.91. The average molecular weight is 327 g/mol. The number of amides is 1. The second kappa shape index (κ2) is 4.61. The molecule has 120 valence electrons. The number of β-lactam (4-membered cyclic amide) rings is 1. The van der Waals surface area contributed by atoms with E-state index in [0.717, 1.165) is 0 Å². The summed E-state index contributed by atoms with van der Waals surface area (Å²) in [4.78, 5) is 37.2. The highest BCUT2D eigenvalue weighted by atomic mass is 32.2. The van der Waals surface area contributed by atoms with Crippen molar-refractivity contribution in [3.63, 3.8) is 0 Å². The van der Waals surface area contributed by atoms with Crippen LogP contribution >= 0.6 is 11.8 Å². The Kier molecular flexibility index (Phi) is 3.17. The van der Waals surface area contributed by atoms with Crippen LogP contribution in [0.4, 0.5) is 0 Å². The molecule has 1 amide bonds. The van der Waals surface area contributed by atoms with Crippen LogP contribution in [0.3, 0.4) is 0 Å². The predicted octanol–water partition coefficient (Wildman–Crippen LogP) is -0.215. The van der Waals surface area contributed by atoms with Gasteiger partial charge in [-0.2, -0.15) is 5.10 Å². The Hall–Kier alpha value is -1.77. The van der Waals surface area contributed by atoms with Crippen LogP contribution in [0.1, 0.15) is 27.2 Å². The summed E-state index contributed by atoms with van der Waals surface area (Å²) >= 11 is 1.42. The Bertz CT molecular complexity index is 604. The van der Waals surface area contributed by atoms with Crippen LogP contribution < -0.4 is 5.43 Å². The molecule has 1 unspecified atom stereocenters. The zero-order valence-corrected chi connectivity index (χ0v) is 13.3. The molecule has 3 aliphatic rings. The highest BCUT2D eigenvalue weighted by Gasteiger charge is 2.73. The molecule has 0 bridgehead atoms. The third kappa shape index (κ3) is 1.77. The predicted molar refractivity (Wildman–Crippen MR) is 78.3 cm³/mol. The number of carbonyl (C=O) groups is 3. The Morgan fingerprint density at radius 1 is 1.55 bits per heavy atom. The number of ether oxygens (including phenoxy) is 1. The molecule has 3 atom stereocenters. The van der Waals surface area contributed by atoms with Gasteiger partial charge in [0.05, 0.1) is 6.61 Å². The molecule has 0 aromatic carbocycles. The Morgan fingerprint density at radius 3 is 2.82 bits per heavy atom. The van der Waals surface area contributed by atoms with E-state index in [0.29, 0.717) is 0 Å². The lowest BCUT2D eigenvalue weighted by Gasteiger charge is -2.50. The number of hydrogen-bond donors (Lipinski definition) is 2. The Morgan fingerprint density at radius 2 is 2.23 bits per heavy atom. The van der Waals surface area contributed by atoms with Crippen molar-refractivity contribution in [2.45, 2.75) is 48.9 Å². The maximum atomic E-state index is 12.6. The Balaban J connectivity index is 1.82. The lowest BCUT2D eigenvalue weighted by atomic mass is 9.82. The third-order valence-electron chi connectivity index (χ3n) is 4.22. The molecule has 22 heavy (non-hydrogen) atoms. The van der Waals surface area contributed by atoms with E-state index in [1.54, 1.807) is 20.8 Å². The zero-order chi connectivity index (χ0) is 16.3. The number of esters is 1. The van der Waals surface area contributed by atoms with Crippen molar-refractivity contribution in [1.29, 1.82) is 0 Å². The minimum Gasteiger partial charge on any atom is -0.480 e. The highest BCUT2D eigenvalue weighted by Crippen LogP contribution is 2.56. The van der Waals surface area contributed by atoms with Crippen LogP contribution in [0.25, 0.3) is 0 Å². The Labute approximate surface area is 131 Å². The molecule has 3 heterocycles. The lowest BCUT2D eigenvalue weighted by molar-refractivity contribution is -0.166. The van der Waals surface area contributed by atoms with E-state index >= 15 is 0 Å². The van der Waals surface area contributed by atoms with Gasteiger partial charge in [-0.15, -0.1) is 11.8 Å². The first-order valence-corrected chi connectivity index (χ1v) is 7.87. The molecule has 2 saturated heterocycles. The minimum absolute atomic E-state index is 0.126. The molecule has 8 nitrogen and oxygen atoms in total. The number of aliphatic carboxylic acids is 1. The number of hydrogen-bond acceptors (Lipinski definition) is 7. The van der Waals surface area contributed by atoms with Crippen molar-refractivity contribution < 1.29 is 24.2 Å². The topological polar surface area (TPSA) is 108 Å². The summed E-state index contributed by atoms with van der Waals surface area (Å²) in [7, 11) is 0. The molecule has 0 aliphatic carbocycles. The van der Waals surface area contributed by atoms with Crippen molar-refractivity contribution in [1.82, 2.24) is 10.3 Å². The normalized spacial score (nSPS) is 34.8. The first kappa shape index (κ1) is 15.1. The van der Waals surface area contributed by atoms with E-state index in [2.05, 4.69) is 10.5 Å². The van der Waals surface area contributed by atoms with Gasteiger partial charge in [0.2, 0.25) is 0 Å². The average Bonchev–Trinajstić information content (AvgIpc) is 2.98. The second-order valence-corrected chi connectivity index (χ2v) is 7.80. The molecule has 0 radical (unpaired) electrons. The molecule has 9 heteroatoms. The van der Waals surface area contributed by atoms with Crippen molar-refractivity contribution in [3.05, 3.63) is 0 Å². The summed E-state index contributed by atoms with van der Waals surface area (Å²) in [6, 6.07) is -0.880. The van der Waals surface area contributed by atoms with E-state index < -0.39 is 28.3 Å². The molecule has 0 aromatic heterocycles. The number of hydrazone groups is 1. The fourth-order valence-corrected chi connectivity index (χ4v) is 4.92. The highest BCUT2D eigenvalue weighted by molar-refractivity contribution is 8.01. The standard InChI is InChI=1S/C13H17N3O5S/c1-4-21-9(19)6-5-13(15-14-6)10(20)16-7(8(17)18)12(2,3)22-11(13)16/h7,11,15H,4-5H2,1-3H3,(H,17,18)/t7-,11+,13?/m0/s1. The van der Waals surface area contributed by atoms with Gasteiger partial charge in [0.25, 0.3) is 5.91 Å². The number of nitrogens with zero attached hydrogens (tertiary/aromatic N) is 2. The molecule has 1 spiro atoms. The van der Waals surface area contributed by atoms with Crippen LogP contribution in [0, 0.1) is 0 Å². The monoisotopic (exact) mass is 327 g/mol. The largest absolute Gasteiger partial charge is 0.480 e. The van der Waals surface area contributed by atoms with Gasteiger partial charge in [-0.25, -0.2) is 9.59 Å². The second-order valence-electron chi connectivity index (χ2n) is 6.07. The summed E-state index contributed by atoms with van der Waals surface area (Å²) < 4.78 is 4.29. The van der Waals surface area contributed by atoms with E-state index in [1.165, 1.54) is 16.7 Å². The zero-order valence-electron chi connectivity index (χ0n) is 12.5. The molecule has 2 fully saturated rings. The maximum Gasteiger partial charge on any atom is 0.354 e. The quantitative estimate of drug-likeness (QED) is 0.545. The number of carboxylic acids is 1. The molecule has 3 aliphatic heterocycles. The van der Waals surface area contributed by atoms with Gasteiger partial charge in [-0.3, -0.25) is 10.2 Å². The van der Waals surface area contributed by atoms with Crippen molar-refractivity contribution in [2.24, 2.45) is 5.10 Å². The summed E-state index contributed by atoms with van der Waals surface area (Å²) in [6.07, 6.45) is 0.126. The molecular formula is C13H17N3O5S. The molecule has 3 rings (SSSR count). The fourth-order valence-electron chi connectivity index (χ4n) is 3.24. The summed E-state index contributed by atoms with van der Waals surface area (Å²) in [6.45, 7) is 5.53. The number of fused-ring (bicyclic) bond motifs is 2. The summed E-state index contributed by atoms with van der Waals surface area (Å²) in [5.74, 6) is -1.89. The van der Waals surface area contributed by atoms with Crippen molar-refractivity contribution in [2.75, 3.05) is 6.61 Å². The fraction of sp³-hybridized carbons (Fsp3) is 0.692. The van der Waals surface area contributed by atoms with Crippen LogP contribution in [-0.2, 0) is 19.1 Å². The van der Waals surface area contributed by atoms with E-state index in [9.17, 15) is 19.5 Å². The van der Waals surface area contributed by atoms with Crippen molar-refractivity contribution >= 4 is 35.3 Å². The van der Waals surface area contributed by atoms with Crippen LogP contribution in [0.2, 0.25) is 0 Å². The van der Waals surface area contributed by atoms with E-state index in [-0.39, 0.29) is 30.0 Å². The number of rotatable bonds is 3. The summed E-state index contributed by atoms with van der Waals surface area (Å²) in [5, 5.41) is 13.0. The minimum atomic E-state index is -1.02. The number of thioether (sulfide) groups is 1. The van der Waals surface area contributed by atoms with Gasteiger partial charge in [-0.05, 0) is 20.8 Å². The van der Waals surface area contributed by atoms with E-state index in [1.807, 2.05) is 0 Å². The van der Waals surface area contributed by atoms with Crippen LogP contribution in [0.15, 0.2) is 5.10 Å². The van der Waals surface area contributed by atoms with Gasteiger partial charge in [-0.1, -0.05) is 0 Å². The van der Waals surface area contributed by atoms with Gasteiger partial charge < -0.3 is 14.7 Å². The van der Waals surface area contributed by atoms with E-state index in [4.69, 9.17) is 4.74 Å². The first-order valence-electron chi connectivity index (χ1n) is 6.99.